The number of rotatable bonds is 25. The van der Waals surface area contributed by atoms with Crippen LogP contribution in [0.3, 0.4) is 0 Å². The predicted molar refractivity (Wildman–Crippen MR) is 225 cm³/mol. The first-order chi connectivity index (χ1) is 26.3. The summed E-state index contributed by atoms with van der Waals surface area (Å²) in [6, 6.07) is 9.61. The van der Waals surface area contributed by atoms with Crippen LogP contribution in [-0.4, -0.2) is 79.9 Å². The molecule has 4 rings (SSSR count). The average molecular weight is 894 g/mol. The van der Waals surface area contributed by atoms with Crippen molar-refractivity contribution in [1.82, 2.24) is 10.2 Å². The zero-order chi connectivity index (χ0) is 38.4. The SMILES string of the molecule is CCCCCCCCCCCCCCCCCCCCCCOC(=O)[C@H](C)NC(=O)OC[N+]1(C)CCN(C2=Nc3ccccc3Nc3sc(C)cc32)CC1.[I-]. The largest absolute Gasteiger partial charge is 1.00 e. The van der Waals surface area contributed by atoms with Gasteiger partial charge in [-0.15, -0.1) is 11.3 Å². The number of halogens is 1. The predicted octanol–water partition coefficient (Wildman–Crippen LogP) is 8.40. The van der Waals surface area contributed by atoms with E-state index in [-0.39, 0.29) is 30.7 Å². The maximum absolute atomic E-state index is 12.6. The number of hydrogen-bond acceptors (Lipinski definition) is 8. The van der Waals surface area contributed by atoms with Crippen molar-refractivity contribution in [3.05, 3.63) is 40.8 Å². The van der Waals surface area contributed by atoms with E-state index in [1.807, 2.05) is 18.2 Å². The molecule has 0 unspecified atom stereocenters. The van der Waals surface area contributed by atoms with Crippen molar-refractivity contribution in [1.29, 1.82) is 0 Å². The maximum atomic E-state index is 12.6. The van der Waals surface area contributed by atoms with Crippen LogP contribution >= 0.6 is 11.3 Å². The van der Waals surface area contributed by atoms with Crippen molar-refractivity contribution in [2.24, 2.45) is 4.99 Å². The number of unbranched alkanes of at least 4 members (excludes halogenated alkanes) is 19. The number of benzene rings is 1. The van der Waals surface area contributed by atoms with Crippen molar-refractivity contribution in [2.45, 2.75) is 155 Å². The molecule has 55 heavy (non-hydrogen) atoms. The number of carbonyl (C=O) groups is 2. The van der Waals surface area contributed by atoms with Crippen LogP contribution in [0.1, 0.15) is 153 Å². The molecule has 11 heteroatoms. The second-order valence-electron chi connectivity index (χ2n) is 16.0. The molecule has 0 saturated carbocycles. The van der Waals surface area contributed by atoms with E-state index in [2.05, 4.69) is 48.6 Å². The lowest BCUT2D eigenvalue weighted by molar-refractivity contribution is -0.928. The minimum atomic E-state index is -0.752. The molecule has 1 fully saturated rings. The molecular weight excluding hydrogens is 821 g/mol. The minimum absolute atomic E-state index is 0. The number of anilines is 2. The van der Waals surface area contributed by atoms with Gasteiger partial charge in [-0.25, -0.2) is 14.6 Å². The quantitative estimate of drug-likeness (QED) is 0.0451. The minimum Gasteiger partial charge on any atom is -1.00 e. The Labute approximate surface area is 354 Å². The van der Waals surface area contributed by atoms with Gasteiger partial charge in [0.1, 0.15) is 16.9 Å². The van der Waals surface area contributed by atoms with Crippen LogP contribution in [-0.2, 0) is 14.3 Å². The van der Waals surface area contributed by atoms with Crippen LogP contribution in [0, 0.1) is 6.92 Å². The topological polar surface area (TPSA) is 92.3 Å². The van der Waals surface area contributed by atoms with Gasteiger partial charge < -0.3 is 49.0 Å². The Morgan fingerprint density at radius 2 is 1.36 bits per heavy atom. The van der Waals surface area contributed by atoms with Gasteiger partial charge in [0, 0.05) is 4.88 Å². The van der Waals surface area contributed by atoms with Crippen molar-refractivity contribution in [3.63, 3.8) is 0 Å². The van der Waals surface area contributed by atoms with Gasteiger partial charge in [0.05, 0.1) is 56.8 Å². The number of nitrogens with zero attached hydrogens (tertiary/aromatic N) is 3. The summed E-state index contributed by atoms with van der Waals surface area (Å²) >= 11 is 1.75. The number of amidine groups is 1. The van der Waals surface area contributed by atoms with E-state index in [0.717, 1.165) is 66.8 Å². The van der Waals surface area contributed by atoms with Crippen molar-refractivity contribution >= 4 is 45.6 Å². The highest BCUT2D eigenvalue weighted by molar-refractivity contribution is 7.16. The number of nitrogens with one attached hydrogen (secondary N) is 2. The fourth-order valence-corrected chi connectivity index (χ4v) is 8.34. The van der Waals surface area contributed by atoms with Gasteiger partial charge in [0.25, 0.3) is 0 Å². The van der Waals surface area contributed by atoms with E-state index in [1.165, 1.54) is 120 Å². The first-order valence-corrected chi connectivity index (χ1v) is 22.3. The number of esters is 1. The Morgan fingerprint density at radius 1 is 0.836 bits per heavy atom. The molecule has 0 radical (unpaired) electrons. The molecule has 1 atom stereocenters. The summed E-state index contributed by atoms with van der Waals surface area (Å²) < 4.78 is 11.7. The van der Waals surface area contributed by atoms with Gasteiger partial charge in [0.15, 0.2) is 0 Å². The lowest BCUT2D eigenvalue weighted by Crippen LogP contribution is -3.00. The van der Waals surface area contributed by atoms with Gasteiger partial charge in [-0.05, 0) is 38.5 Å². The van der Waals surface area contributed by atoms with Gasteiger partial charge in [-0.2, -0.15) is 0 Å². The van der Waals surface area contributed by atoms with Gasteiger partial charge in [-0.3, -0.25) is 4.48 Å². The molecular formula is C44H72IN5O4S. The molecule has 0 aliphatic carbocycles. The number of amides is 1. The molecule has 1 aromatic carbocycles. The van der Waals surface area contributed by atoms with Gasteiger partial charge in [0.2, 0.25) is 6.73 Å². The number of fused-ring (bicyclic) bond motifs is 2. The molecule has 9 nitrogen and oxygen atoms in total. The van der Waals surface area contributed by atoms with Gasteiger partial charge >= 0.3 is 12.1 Å². The fraction of sp³-hybridized carbons (Fsp3) is 0.705. The van der Waals surface area contributed by atoms with Gasteiger partial charge in [-0.1, -0.05) is 141 Å². The lowest BCUT2D eigenvalue weighted by Gasteiger charge is -2.42. The van der Waals surface area contributed by atoms with Crippen LogP contribution in [0.2, 0.25) is 0 Å². The van der Waals surface area contributed by atoms with Crippen LogP contribution in [0.15, 0.2) is 35.3 Å². The smallest absolute Gasteiger partial charge is 0.412 e. The first-order valence-electron chi connectivity index (χ1n) is 21.5. The number of likely N-dealkylation sites (N-methyl/N-ethyl adjacent to an activating group) is 1. The fourth-order valence-electron chi connectivity index (χ4n) is 7.42. The Morgan fingerprint density at radius 3 is 1.93 bits per heavy atom. The molecule has 0 spiro atoms. The standard InChI is InChI=1S/C44H71N5O4S.HI/c1-5-6-7-8-9-10-11-12-13-14-15-16-17-18-19-20-21-22-23-26-33-52-43(50)37(3)45-44(51)53-35-49(4)31-29-48(30-32-49)41-38-34-36(2)54-42(38)47-40-28-25-24-27-39(40)46-41;/h24-25,27-28,34,37H,5-23,26,29-33,35H2,1-4H3,(H-,45,46,47,51);1H/t37-;/m0./s1. The van der Waals surface area contributed by atoms with Crippen LogP contribution in [0.4, 0.5) is 21.2 Å². The maximum Gasteiger partial charge on any atom is 0.412 e. The molecule has 310 valence electrons. The highest BCUT2D eigenvalue weighted by Crippen LogP contribution is 2.39. The molecule has 2 aliphatic rings. The molecule has 2 N–H and O–H groups in total. The van der Waals surface area contributed by atoms with Crippen LogP contribution in [0.25, 0.3) is 0 Å². The van der Waals surface area contributed by atoms with E-state index in [9.17, 15) is 9.59 Å². The summed E-state index contributed by atoms with van der Waals surface area (Å²) in [6.07, 6.45) is 26.2. The number of thiophene rings is 1. The highest BCUT2D eigenvalue weighted by Gasteiger charge is 2.34. The third kappa shape index (κ3) is 17.3. The van der Waals surface area contributed by atoms with E-state index >= 15 is 0 Å². The van der Waals surface area contributed by atoms with Crippen LogP contribution < -0.4 is 34.6 Å². The van der Waals surface area contributed by atoms with Crippen molar-refractivity contribution < 1.29 is 47.5 Å². The number of para-hydroxylation sites is 2. The number of carbonyl (C=O) groups excluding carboxylic acids is 2. The summed E-state index contributed by atoms with van der Waals surface area (Å²) in [5, 5.41) is 7.36. The molecule has 0 bridgehead atoms. The second-order valence-corrected chi connectivity index (χ2v) is 17.3. The average Bonchev–Trinajstić information content (AvgIpc) is 3.46. The molecule has 1 saturated heterocycles. The highest BCUT2D eigenvalue weighted by atomic mass is 127. The molecule has 3 heterocycles. The zero-order valence-corrected chi connectivity index (χ0v) is 37.6. The summed E-state index contributed by atoms with van der Waals surface area (Å²) in [5.74, 6) is 0.571. The number of ether oxygens (including phenoxy) is 2. The number of aliphatic imine (C=N–C) groups is 1. The lowest BCUT2D eigenvalue weighted by atomic mass is 10.0. The van der Waals surface area contributed by atoms with E-state index in [4.69, 9.17) is 14.5 Å². The third-order valence-electron chi connectivity index (χ3n) is 11.0. The zero-order valence-electron chi connectivity index (χ0n) is 34.6. The Kier molecular flexibility index (Phi) is 22.7. The number of piperazine rings is 1. The van der Waals surface area contributed by atoms with Crippen molar-refractivity contribution in [3.8, 4) is 0 Å². The number of alkyl carbamates (subject to hydrolysis) is 1. The van der Waals surface area contributed by atoms with Crippen LogP contribution in [0.5, 0.6) is 0 Å². The van der Waals surface area contributed by atoms with E-state index in [1.54, 1.807) is 18.3 Å². The Balaban J connectivity index is 0.00000812. The number of aryl methyl sites for hydroxylation is 1. The monoisotopic (exact) mass is 893 g/mol. The Bertz CT molecular complexity index is 1430. The summed E-state index contributed by atoms with van der Waals surface area (Å²) in [4.78, 5) is 33.8. The first kappa shape index (κ1) is 47.0. The second kappa shape index (κ2) is 26.5. The third-order valence-corrected chi connectivity index (χ3v) is 12.0. The summed E-state index contributed by atoms with van der Waals surface area (Å²) in [7, 11) is 2.11. The summed E-state index contributed by atoms with van der Waals surface area (Å²) in [6.45, 7) is 9.88. The molecule has 1 amide bonds. The molecule has 2 aliphatic heterocycles. The van der Waals surface area contributed by atoms with E-state index < -0.39 is 18.1 Å². The summed E-state index contributed by atoms with van der Waals surface area (Å²) in [5.41, 5.74) is 3.08. The Hall–Kier alpha value is -2.38. The molecule has 2 aromatic rings. The van der Waals surface area contributed by atoms with E-state index in [0.29, 0.717) is 11.1 Å². The number of hydrogen-bond donors (Lipinski definition) is 2. The number of quaternary nitrogens is 1. The molecule has 1 aromatic heterocycles. The van der Waals surface area contributed by atoms with Crippen molar-refractivity contribution in [2.75, 3.05) is 51.9 Å². The normalized spacial score (nSPS) is 15.1.